The highest BCUT2D eigenvalue weighted by Crippen LogP contribution is 2.08. The summed E-state index contributed by atoms with van der Waals surface area (Å²) in [4.78, 5) is 14.4. The first kappa shape index (κ1) is 14.5. The lowest BCUT2D eigenvalue weighted by Gasteiger charge is -2.26. The maximum atomic E-state index is 11.9. The lowest BCUT2D eigenvalue weighted by molar-refractivity contribution is 0.0951. The van der Waals surface area contributed by atoms with Crippen LogP contribution in [0.2, 0.25) is 0 Å². The summed E-state index contributed by atoms with van der Waals surface area (Å²) in [7, 11) is 0. The minimum atomic E-state index is -0.0619. The van der Waals surface area contributed by atoms with Crippen molar-refractivity contribution in [3.8, 4) is 6.07 Å². The fraction of sp³-hybridized carbons (Fsp3) is 0.500. The van der Waals surface area contributed by atoms with Gasteiger partial charge in [0.05, 0.1) is 11.6 Å². The first-order valence-corrected chi connectivity index (χ1v) is 7.30. The number of carbonyl (C=O) groups excluding carboxylic acids is 1. The molecule has 20 heavy (non-hydrogen) atoms. The lowest BCUT2D eigenvalue weighted by Crippen LogP contribution is -2.33. The summed E-state index contributed by atoms with van der Waals surface area (Å²) in [5, 5.41) is 11.6. The van der Waals surface area contributed by atoms with Crippen LogP contribution < -0.4 is 5.32 Å². The molecule has 0 unspecified atom stereocenters. The third kappa shape index (κ3) is 4.36. The normalized spacial score (nSPS) is 15.6. The summed E-state index contributed by atoms with van der Waals surface area (Å²) in [6.45, 7) is 4.16. The van der Waals surface area contributed by atoms with Crippen LogP contribution in [-0.4, -0.2) is 37.0 Å². The maximum absolute atomic E-state index is 11.9. The molecule has 1 heterocycles. The molecule has 1 aromatic rings. The highest BCUT2D eigenvalue weighted by atomic mass is 16.1. The topological polar surface area (TPSA) is 56.1 Å². The predicted molar refractivity (Wildman–Crippen MR) is 78.4 cm³/mol. The Morgan fingerprint density at radius 1 is 1.20 bits per heavy atom. The van der Waals surface area contributed by atoms with E-state index in [2.05, 4.69) is 10.2 Å². The van der Waals surface area contributed by atoms with Gasteiger partial charge in [0.25, 0.3) is 5.91 Å². The van der Waals surface area contributed by atoms with Crippen molar-refractivity contribution in [2.24, 2.45) is 0 Å². The molecule has 0 aliphatic carbocycles. The van der Waals surface area contributed by atoms with Crippen molar-refractivity contribution in [1.82, 2.24) is 10.2 Å². The number of amides is 1. The third-order valence-electron chi connectivity index (χ3n) is 3.66. The van der Waals surface area contributed by atoms with Crippen molar-refractivity contribution in [1.29, 1.82) is 5.26 Å². The molecule has 1 aliphatic rings. The summed E-state index contributed by atoms with van der Waals surface area (Å²) in [6.07, 6.45) is 4.95. The molecule has 1 N–H and O–H groups in total. The summed E-state index contributed by atoms with van der Waals surface area (Å²) < 4.78 is 0. The highest BCUT2D eigenvalue weighted by Gasteiger charge is 2.09. The number of piperidine rings is 1. The molecule has 0 radical (unpaired) electrons. The lowest BCUT2D eigenvalue weighted by atomic mass is 10.1. The molecule has 4 heteroatoms. The Morgan fingerprint density at radius 3 is 2.55 bits per heavy atom. The van der Waals surface area contributed by atoms with Crippen molar-refractivity contribution in [3.05, 3.63) is 35.4 Å². The number of likely N-dealkylation sites (tertiary alicyclic amines) is 1. The zero-order valence-electron chi connectivity index (χ0n) is 11.8. The zero-order chi connectivity index (χ0) is 14.2. The predicted octanol–water partition coefficient (Wildman–Crippen LogP) is 2.16. The van der Waals surface area contributed by atoms with Gasteiger partial charge in [-0.3, -0.25) is 4.79 Å². The van der Waals surface area contributed by atoms with Gasteiger partial charge < -0.3 is 10.2 Å². The Morgan fingerprint density at radius 2 is 1.90 bits per heavy atom. The fourth-order valence-corrected chi connectivity index (χ4v) is 2.49. The highest BCUT2D eigenvalue weighted by molar-refractivity contribution is 5.94. The van der Waals surface area contributed by atoms with E-state index in [1.54, 1.807) is 24.3 Å². The van der Waals surface area contributed by atoms with Gasteiger partial charge in [-0.05, 0) is 63.2 Å². The van der Waals surface area contributed by atoms with E-state index in [0.29, 0.717) is 17.7 Å². The molecule has 106 valence electrons. The van der Waals surface area contributed by atoms with E-state index in [9.17, 15) is 4.79 Å². The Labute approximate surface area is 120 Å². The van der Waals surface area contributed by atoms with E-state index in [0.717, 1.165) is 13.0 Å². The fourth-order valence-electron chi connectivity index (χ4n) is 2.49. The second kappa shape index (κ2) is 7.66. The molecule has 1 aromatic carbocycles. The van der Waals surface area contributed by atoms with Gasteiger partial charge in [-0.1, -0.05) is 6.42 Å². The van der Waals surface area contributed by atoms with Crippen molar-refractivity contribution >= 4 is 5.91 Å². The first-order valence-electron chi connectivity index (χ1n) is 7.30. The number of hydrogen-bond acceptors (Lipinski definition) is 3. The molecule has 0 spiro atoms. The SMILES string of the molecule is N#Cc1ccc(C(=O)NCCCN2CCCCC2)cc1. The molecule has 0 aromatic heterocycles. The number of nitriles is 1. The van der Waals surface area contributed by atoms with E-state index in [1.165, 1.54) is 32.4 Å². The molecular weight excluding hydrogens is 250 g/mol. The molecule has 0 saturated carbocycles. The van der Waals surface area contributed by atoms with Crippen LogP contribution in [0.4, 0.5) is 0 Å². The third-order valence-corrected chi connectivity index (χ3v) is 3.66. The molecular formula is C16H21N3O. The minimum Gasteiger partial charge on any atom is -0.352 e. The standard InChI is InChI=1S/C16H21N3O/c17-13-14-5-7-15(8-6-14)16(20)18-9-4-12-19-10-2-1-3-11-19/h5-8H,1-4,9-12H2,(H,18,20). The van der Waals surface area contributed by atoms with Crippen LogP contribution >= 0.6 is 0 Å². The summed E-state index contributed by atoms with van der Waals surface area (Å²) >= 11 is 0. The monoisotopic (exact) mass is 271 g/mol. The Balaban J connectivity index is 1.67. The summed E-state index contributed by atoms with van der Waals surface area (Å²) in [5.74, 6) is -0.0619. The van der Waals surface area contributed by atoms with Gasteiger partial charge in [0.1, 0.15) is 0 Å². The van der Waals surface area contributed by atoms with E-state index >= 15 is 0 Å². The molecule has 1 aliphatic heterocycles. The number of hydrogen-bond donors (Lipinski definition) is 1. The largest absolute Gasteiger partial charge is 0.352 e. The van der Waals surface area contributed by atoms with Gasteiger partial charge in [-0.15, -0.1) is 0 Å². The van der Waals surface area contributed by atoms with Crippen LogP contribution in [0.3, 0.4) is 0 Å². The van der Waals surface area contributed by atoms with Crippen molar-refractivity contribution in [3.63, 3.8) is 0 Å². The van der Waals surface area contributed by atoms with E-state index in [1.807, 2.05) is 6.07 Å². The molecule has 0 atom stereocenters. The van der Waals surface area contributed by atoms with Gasteiger partial charge in [0, 0.05) is 12.1 Å². The first-order chi connectivity index (χ1) is 9.79. The quantitative estimate of drug-likeness (QED) is 0.835. The van der Waals surface area contributed by atoms with Crippen molar-refractivity contribution < 1.29 is 4.79 Å². The number of carbonyl (C=O) groups is 1. The average molecular weight is 271 g/mol. The Kier molecular flexibility index (Phi) is 5.57. The van der Waals surface area contributed by atoms with E-state index < -0.39 is 0 Å². The van der Waals surface area contributed by atoms with Crippen molar-refractivity contribution in [2.45, 2.75) is 25.7 Å². The molecule has 4 nitrogen and oxygen atoms in total. The second-order valence-electron chi connectivity index (χ2n) is 5.20. The number of nitrogens with one attached hydrogen (secondary N) is 1. The van der Waals surface area contributed by atoms with Crippen LogP contribution in [0, 0.1) is 11.3 Å². The van der Waals surface area contributed by atoms with Crippen molar-refractivity contribution in [2.75, 3.05) is 26.2 Å². The van der Waals surface area contributed by atoms with Crippen LogP contribution in [0.25, 0.3) is 0 Å². The molecule has 1 fully saturated rings. The van der Waals surface area contributed by atoms with Gasteiger partial charge in [0.15, 0.2) is 0 Å². The average Bonchev–Trinajstić information content (AvgIpc) is 2.52. The summed E-state index contributed by atoms with van der Waals surface area (Å²) in [6, 6.07) is 8.77. The molecule has 2 rings (SSSR count). The van der Waals surface area contributed by atoms with Gasteiger partial charge >= 0.3 is 0 Å². The van der Waals surface area contributed by atoms with Crippen LogP contribution in [-0.2, 0) is 0 Å². The second-order valence-corrected chi connectivity index (χ2v) is 5.20. The number of rotatable bonds is 5. The minimum absolute atomic E-state index is 0.0619. The van der Waals surface area contributed by atoms with Gasteiger partial charge in [-0.25, -0.2) is 0 Å². The molecule has 1 saturated heterocycles. The van der Waals surface area contributed by atoms with Crippen LogP contribution in [0.1, 0.15) is 41.6 Å². The van der Waals surface area contributed by atoms with E-state index in [4.69, 9.17) is 5.26 Å². The summed E-state index contributed by atoms with van der Waals surface area (Å²) in [5.41, 5.74) is 1.19. The molecule has 1 amide bonds. The van der Waals surface area contributed by atoms with Crippen LogP contribution in [0.15, 0.2) is 24.3 Å². The van der Waals surface area contributed by atoms with Gasteiger partial charge in [0.2, 0.25) is 0 Å². The molecule has 0 bridgehead atoms. The smallest absolute Gasteiger partial charge is 0.251 e. The van der Waals surface area contributed by atoms with Crippen LogP contribution in [0.5, 0.6) is 0 Å². The zero-order valence-corrected chi connectivity index (χ0v) is 11.8. The van der Waals surface area contributed by atoms with E-state index in [-0.39, 0.29) is 5.91 Å². The van der Waals surface area contributed by atoms with Gasteiger partial charge in [-0.2, -0.15) is 5.26 Å². The maximum Gasteiger partial charge on any atom is 0.251 e. The Hall–Kier alpha value is -1.86. The number of benzene rings is 1. The Bertz CT molecular complexity index is 469. The number of nitrogens with zero attached hydrogens (tertiary/aromatic N) is 2.